The van der Waals surface area contributed by atoms with Crippen LogP contribution in [-0.4, -0.2) is 30.5 Å². The SMILES string of the molecule is CCCCN=C(NN)N(C)C(C)C. The van der Waals surface area contributed by atoms with Gasteiger partial charge >= 0.3 is 0 Å². The molecule has 0 heterocycles. The summed E-state index contributed by atoms with van der Waals surface area (Å²) in [7, 11) is 1.98. The van der Waals surface area contributed by atoms with E-state index in [0.717, 1.165) is 25.3 Å². The highest BCUT2D eigenvalue weighted by molar-refractivity contribution is 5.79. The van der Waals surface area contributed by atoms with Gasteiger partial charge in [0.2, 0.25) is 5.96 Å². The molecular formula is C9H22N4. The van der Waals surface area contributed by atoms with E-state index in [1.807, 2.05) is 11.9 Å². The maximum Gasteiger partial charge on any atom is 0.208 e. The fourth-order valence-corrected chi connectivity index (χ4v) is 0.847. The largest absolute Gasteiger partial charge is 0.343 e. The molecule has 4 nitrogen and oxygen atoms in total. The standard InChI is InChI=1S/C9H22N4/c1-5-6-7-11-9(12-10)13(4)8(2)3/h8H,5-7,10H2,1-4H3,(H,11,12). The van der Waals surface area contributed by atoms with Crippen LogP contribution >= 0.6 is 0 Å². The topological polar surface area (TPSA) is 53.6 Å². The Hall–Kier alpha value is -0.770. The first-order valence-corrected chi connectivity index (χ1v) is 4.87. The van der Waals surface area contributed by atoms with Crippen molar-refractivity contribution in [2.45, 2.75) is 39.7 Å². The number of nitrogens with zero attached hydrogens (tertiary/aromatic N) is 2. The predicted octanol–water partition coefficient (Wildman–Crippen LogP) is 0.946. The fourth-order valence-electron chi connectivity index (χ4n) is 0.847. The van der Waals surface area contributed by atoms with Crippen molar-refractivity contribution >= 4 is 5.96 Å². The van der Waals surface area contributed by atoms with Gasteiger partial charge in [0, 0.05) is 19.6 Å². The van der Waals surface area contributed by atoms with Crippen LogP contribution in [0.1, 0.15) is 33.6 Å². The summed E-state index contributed by atoms with van der Waals surface area (Å²) in [6.45, 7) is 7.20. The van der Waals surface area contributed by atoms with Crippen molar-refractivity contribution in [2.75, 3.05) is 13.6 Å². The highest BCUT2D eigenvalue weighted by atomic mass is 15.4. The second-order valence-electron chi connectivity index (χ2n) is 3.41. The van der Waals surface area contributed by atoms with Gasteiger partial charge in [0.25, 0.3) is 0 Å². The predicted molar refractivity (Wildman–Crippen MR) is 57.4 cm³/mol. The lowest BCUT2D eigenvalue weighted by atomic mass is 10.3. The van der Waals surface area contributed by atoms with E-state index in [9.17, 15) is 0 Å². The van der Waals surface area contributed by atoms with Crippen LogP contribution < -0.4 is 11.3 Å². The second-order valence-corrected chi connectivity index (χ2v) is 3.41. The minimum absolute atomic E-state index is 0.413. The van der Waals surface area contributed by atoms with Crippen LogP contribution in [0.4, 0.5) is 0 Å². The zero-order chi connectivity index (χ0) is 10.3. The van der Waals surface area contributed by atoms with Crippen molar-refractivity contribution in [1.29, 1.82) is 0 Å². The van der Waals surface area contributed by atoms with Gasteiger partial charge < -0.3 is 4.90 Å². The molecule has 0 atom stereocenters. The molecule has 13 heavy (non-hydrogen) atoms. The molecule has 0 fully saturated rings. The van der Waals surface area contributed by atoms with E-state index in [1.165, 1.54) is 0 Å². The molecule has 3 N–H and O–H groups in total. The Morgan fingerprint density at radius 2 is 2.15 bits per heavy atom. The second kappa shape index (κ2) is 6.71. The number of unbranched alkanes of at least 4 members (excludes halogenated alkanes) is 1. The lowest BCUT2D eigenvalue weighted by molar-refractivity contribution is 0.401. The molecule has 0 unspecified atom stereocenters. The zero-order valence-corrected chi connectivity index (χ0v) is 9.17. The van der Waals surface area contributed by atoms with Gasteiger partial charge in [-0.1, -0.05) is 13.3 Å². The highest BCUT2D eigenvalue weighted by Gasteiger charge is 2.07. The number of hydrogen-bond donors (Lipinski definition) is 2. The Kier molecular flexibility index (Phi) is 6.32. The van der Waals surface area contributed by atoms with Crippen LogP contribution in [0.3, 0.4) is 0 Å². The van der Waals surface area contributed by atoms with Crippen molar-refractivity contribution in [1.82, 2.24) is 10.3 Å². The minimum Gasteiger partial charge on any atom is -0.343 e. The van der Waals surface area contributed by atoms with E-state index in [-0.39, 0.29) is 0 Å². The molecule has 4 heteroatoms. The van der Waals surface area contributed by atoms with Gasteiger partial charge in [0.15, 0.2) is 0 Å². The van der Waals surface area contributed by atoms with Crippen molar-refractivity contribution < 1.29 is 0 Å². The summed E-state index contributed by atoms with van der Waals surface area (Å²) < 4.78 is 0. The lowest BCUT2D eigenvalue weighted by Gasteiger charge is -2.24. The molecule has 0 aromatic carbocycles. The summed E-state index contributed by atoms with van der Waals surface area (Å²) in [5.74, 6) is 6.14. The summed E-state index contributed by atoms with van der Waals surface area (Å²) >= 11 is 0. The average Bonchev–Trinajstić information content (AvgIpc) is 2.11. The minimum atomic E-state index is 0.413. The molecule has 0 rings (SSSR count). The molecule has 0 spiro atoms. The number of hydrazine groups is 1. The van der Waals surface area contributed by atoms with Crippen LogP contribution in [0.5, 0.6) is 0 Å². The van der Waals surface area contributed by atoms with Crippen molar-refractivity contribution in [2.24, 2.45) is 10.8 Å². The third-order valence-corrected chi connectivity index (χ3v) is 2.01. The van der Waals surface area contributed by atoms with E-state index in [4.69, 9.17) is 5.84 Å². The maximum absolute atomic E-state index is 5.37. The summed E-state index contributed by atoms with van der Waals surface area (Å²) in [6, 6.07) is 0.413. The van der Waals surface area contributed by atoms with E-state index in [2.05, 4.69) is 31.2 Å². The molecule has 78 valence electrons. The molecular weight excluding hydrogens is 164 g/mol. The van der Waals surface area contributed by atoms with Crippen molar-refractivity contribution in [3.63, 3.8) is 0 Å². The molecule has 0 aromatic heterocycles. The monoisotopic (exact) mass is 186 g/mol. The van der Waals surface area contributed by atoms with Gasteiger partial charge in [-0.15, -0.1) is 0 Å². The number of guanidine groups is 1. The molecule has 0 amide bonds. The van der Waals surface area contributed by atoms with Gasteiger partial charge in [-0.05, 0) is 20.3 Å². The van der Waals surface area contributed by atoms with Gasteiger partial charge in [0.05, 0.1) is 0 Å². The molecule has 0 aliphatic heterocycles. The molecule has 0 radical (unpaired) electrons. The van der Waals surface area contributed by atoms with Gasteiger partial charge in [-0.2, -0.15) is 0 Å². The Labute approximate surface area is 81.2 Å². The number of nitrogens with two attached hydrogens (primary N) is 1. The van der Waals surface area contributed by atoms with E-state index < -0.39 is 0 Å². The summed E-state index contributed by atoms with van der Waals surface area (Å²) in [5, 5.41) is 0. The Balaban J connectivity index is 4.06. The molecule has 0 saturated carbocycles. The van der Waals surface area contributed by atoms with Crippen molar-refractivity contribution in [3.05, 3.63) is 0 Å². The molecule has 0 aromatic rings. The van der Waals surface area contributed by atoms with E-state index in [1.54, 1.807) is 0 Å². The lowest BCUT2D eigenvalue weighted by Crippen LogP contribution is -2.45. The molecule has 0 bridgehead atoms. The third-order valence-electron chi connectivity index (χ3n) is 2.01. The molecule has 0 saturated heterocycles. The van der Waals surface area contributed by atoms with Crippen LogP contribution in [0.15, 0.2) is 4.99 Å². The average molecular weight is 186 g/mol. The van der Waals surface area contributed by atoms with Crippen LogP contribution in [0.2, 0.25) is 0 Å². The molecule has 0 aliphatic rings. The van der Waals surface area contributed by atoms with Gasteiger partial charge in [-0.25, -0.2) is 5.84 Å². The first-order valence-electron chi connectivity index (χ1n) is 4.87. The van der Waals surface area contributed by atoms with Gasteiger partial charge in [-0.3, -0.25) is 10.4 Å². The van der Waals surface area contributed by atoms with Crippen LogP contribution in [0, 0.1) is 0 Å². The number of rotatable bonds is 4. The Morgan fingerprint density at radius 3 is 2.54 bits per heavy atom. The van der Waals surface area contributed by atoms with Crippen LogP contribution in [-0.2, 0) is 0 Å². The number of hydrogen-bond acceptors (Lipinski definition) is 2. The van der Waals surface area contributed by atoms with Gasteiger partial charge in [0.1, 0.15) is 0 Å². The third kappa shape index (κ3) is 4.72. The van der Waals surface area contributed by atoms with E-state index in [0.29, 0.717) is 6.04 Å². The van der Waals surface area contributed by atoms with E-state index >= 15 is 0 Å². The summed E-state index contributed by atoms with van der Waals surface area (Å²) in [5.41, 5.74) is 2.62. The first kappa shape index (κ1) is 12.2. The van der Waals surface area contributed by atoms with Crippen LogP contribution in [0.25, 0.3) is 0 Å². The smallest absolute Gasteiger partial charge is 0.208 e. The quantitative estimate of drug-likeness (QED) is 0.226. The number of nitrogens with one attached hydrogen (secondary N) is 1. The highest BCUT2D eigenvalue weighted by Crippen LogP contribution is 1.95. The first-order chi connectivity index (χ1) is 6.13. The van der Waals surface area contributed by atoms with Crippen molar-refractivity contribution in [3.8, 4) is 0 Å². The zero-order valence-electron chi connectivity index (χ0n) is 9.17. The normalized spacial score (nSPS) is 12.0. The molecule has 0 aliphatic carbocycles. The maximum atomic E-state index is 5.37. The summed E-state index contributed by atoms with van der Waals surface area (Å²) in [6.07, 6.45) is 2.27. The summed E-state index contributed by atoms with van der Waals surface area (Å²) in [4.78, 5) is 6.38. The Bertz CT molecular complexity index is 154. The number of aliphatic imine (C=N–C) groups is 1. The Morgan fingerprint density at radius 1 is 1.54 bits per heavy atom. The fraction of sp³-hybridized carbons (Fsp3) is 0.889.